The average Bonchev–Trinajstić information content (AvgIpc) is 3.56. The van der Waals surface area contributed by atoms with E-state index in [4.69, 9.17) is 9.41 Å². The van der Waals surface area contributed by atoms with Crippen LogP contribution in [0, 0.1) is 0 Å². The highest BCUT2D eigenvalue weighted by atomic mass is 127. The van der Waals surface area contributed by atoms with Crippen LogP contribution in [0.1, 0.15) is 49.4 Å². The first kappa shape index (κ1) is 26.2. The highest BCUT2D eigenvalue weighted by Gasteiger charge is 2.24. The van der Waals surface area contributed by atoms with E-state index in [-0.39, 0.29) is 30.0 Å². The first-order valence-corrected chi connectivity index (χ1v) is 12.0. The second-order valence-electron chi connectivity index (χ2n) is 8.38. The van der Waals surface area contributed by atoms with Crippen molar-refractivity contribution in [2.24, 2.45) is 4.99 Å². The molecular formula is C25H36IN7O. The van der Waals surface area contributed by atoms with Gasteiger partial charge in [-0.1, -0.05) is 43.7 Å². The van der Waals surface area contributed by atoms with Crippen LogP contribution in [0.3, 0.4) is 0 Å². The van der Waals surface area contributed by atoms with E-state index in [0.29, 0.717) is 6.54 Å². The molecule has 3 heterocycles. The molecule has 0 radical (unpaired) electrons. The summed E-state index contributed by atoms with van der Waals surface area (Å²) in [6.07, 6.45) is 8.21. The zero-order valence-corrected chi connectivity index (χ0v) is 22.2. The van der Waals surface area contributed by atoms with Gasteiger partial charge in [-0.15, -0.1) is 34.2 Å². The van der Waals surface area contributed by atoms with Crippen LogP contribution in [0.5, 0.6) is 0 Å². The van der Waals surface area contributed by atoms with Gasteiger partial charge in [-0.3, -0.25) is 4.90 Å². The summed E-state index contributed by atoms with van der Waals surface area (Å²) >= 11 is 0. The minimum Gasteiger partial charge on any atom is -0.468 e. The number of hydrogen-bond acceptors (Lipinski definition) is 5. The SMILES string of the molecule is CCc1nncn1CCNC(=NCc1ccccc1)NCC(c1ccco1)N1CCCCC1.I. The Bertz CT molecular complexity index is 968. The molecule has 2 N–H and O–H groups in total. The molecule has 9 heteroatoms. The molecule has 184 valence electrons. The highest BCUT2D eigenvalue weighted by molar-refractivity contribution is 14.0. The van der Waals surface area contributed by atoms with Gasteiger partial charge in [0.25, 0.3) is 0 Å². The zero-order chi connectivity index (χ0) is 22.7. The van der Waals surface area contributed by atoms with Gasteiger partial charge in [0.1, 0.15) is 17.9 Å². The van der Waals surface area contributed by atoms with Crippen LogP contribution < -0.4 is 10.6 Å². The van der Waals surface area contributed by atoms with E-state index in [2.05, 4.69) is 55.4 Å². The molecule has 1 saturated heterocycles. The number of guanidine groups is 1. The number of aryl methyl sites for hydroxylation is 1. The van der Waals surface area contributed by atoms with Crippen molar-refractivity contribution < 1.29 is 4.42 Å². The molecule has 0 spiro atoms. The quantitative estimate of drug-likeness (QED) is 0.215. The normalized spacial score (nSPS) is 15.5. The summed E-state index contributed by atoms with van der Waals surface area (Å²) < 4.78 is 7.89. The van der Waals surface area contributed by atoms with Gasteiger partial charge in [0, 0.05) is 26.1 Å². The van der Waals surface area contributed by atoms with Crippen molar-refractivity contribution in [1.29, 1.82) is 0 Å². The van der Waals surface area contributed by atoms with Gasteiger partial charge in [-0.2, -0.15) is 0 Å². The predicted molar refractivity (Wildman–Crippen MR) is 145 cm³/mol. The lowest BCUT2D eigenvalue weighted by molar-refractivity contribution is 0.146. The largest absolute Gasteiger partial charge is 0.468 e. The van der Waals surface area contributed by atoms with Gasteiger partial charge in [0.05, 0.1) is 18.8 Å². The third-order valence-electron chi connectivity index (χ3n) is 6.09. The molecule has 0 aliphatic carbocycles. The van der Waals surface area contributed by atoms with E-state index < -0.39 is 0 Å². The van der Waals surface area contributed by atoms with Gasteiger partial charge in [-0.05, 0) is 43.6 Å². The van der Waals surface area contributed by atoms with Crippen molar-refractivity contribution in [1.82, 2.24) is 30.3 Å². The number of hydrogen-bond donors (Lipinski definition) is 2. The number of furan rings is 1. The van der Waals surface area contributed by atoms with Gasteiger partial charge >= 0.3 is 0 Å². The summed E-state index contributed by atoms with van der Waals surface area (Å²) in [5.41, 5.74) is 1.18. The Labute approximate surface area is 219 Å². The lowest BCUT2D eigenvalue weighted by Gasteiger charge is -2.33. The Morgan fingerprint density at radius 2 is 1.91 bits per heavy atom. The first-order valence-electron chi connectivity index (χ1n) is 12.0. The van der Waals surface area contributed by atoms with Crippen LogP contribution in [-0.2, 0) is 19.5 Å². The molecule has 3 aromatic rings. The van der Waals surface area contributed by atoms with Crippen molar-refractivity contribution in [3.05, 3.63) is 72.2 Å². The van der Waals surface area contributed by atoms with Gasteiger partial charge in [0.2, 0.25) is 0 Å². The molecule has 2 aromatic heterocycles. The fraction of sp³-hybridized carbons (Fsp3) is 0.480. The molecule has 34 heavy (non-hydrogen) atoms. The van der Waals surface area contributed by atoms with Crippen LogP contribution in [0.25, 0.3) is 0 Å². The van der Waals surface area contributed by atoms with Crippen LogP contribution >= 0.6 is 24.0 Å². The smallest absolute Gasteiger partial charge is 0.191 e. The van der Waals surface area contributed by atoms with E-state index in [0.717, 1.165) is 56.7 Å². The van der Waals surface area contributed by atoms with E-state index in [1.54, 1.807) is 12.6 Å². The molecule has 0 saturated carbocycles. The average molecular weight is 578 g/mol. The van der Waals surface area contributed by atoms with Crippen molar-refractivity contribution in [3.63, 3.8) is 0 Å². The fourth-order valence-electron chi connectivity index (χ4n) is 4.28. The molecule has 0 bridgehead atoms. The second kappa shape index (κ2) is 14.1. The summed E-state index contributed by atoms with van der Waals surface area (Å²) in [5, 5.41) is 15.3. The number of nitrogens with zero attached hydrogens (tertiary/aromatic N) is 5. The Kier molecular flexibility index (Phi) is 10.9. The monoisotopic (exact) mass is 577 g/mol. The number of aliphatic imine (C=N–C) groups is 1. The Balaban J connectivity index is 0.00000324. The van der Waals surface area contributed by atoms with Crippen molar-refractivity contribution >= 4 is 29.9 Å². The van der Waals surface area contributed by atoms with E-state index >= 15 is 0 Å². The van der Waals surface area contributed by atoms with Gasteiger partial charge in [0.15, 0.2) is 5.96 Å². The summed E-state index contributed by atoms with van der Waals surface area (Å²) in [4.78, 5) is 7.38. The number of aromatic nitrogens is 3. The number of benzene rings is 1. The maximum atomic E-state index is 5.81. The predicted octanol–water partition coefficient (Wildman–Crippen LogP) is 4.01. The number of nitrogens with one attached hydrogen (secondary N) is 2. The standard InChI is InChI=1S/C25H35N7O.HI/c1-2-24-30-29-20-32(24)16-13-26-25(27-18-21-10-5-3-6-11-21)28-19-22(23-12-9-17-33-23)31-14-7-4-8-15-31;/h3,5-6,9-12,17,20,22H,2,4,7-8,13-16,18-19H2,1H3,(H2,26,27,28);1H. The third-order valence-corrected chi connectivity index (χ3v) is 6.09. The summed E-state index contributed by atoms with van der Waals surface area (Å²) in [6, 6.07) is 14.6. The molecular weight excluding hydrogens is 541 g/mol. The highest BCUT2D eigenvalue weighted by Crippen LogP contribution is 2.24. The van der Waals surface area contributed by atoms with Crippen molar-refractivity contribution in [2.45, 2.75) is 51.7 Å². The Morgan fingerprint density at radius 1 is 1.09 bits per heavy atom. The molecule has 1 atom stereocenters. The number of rotatable bonds is 10. The van der Waals surface area contributed by atoms with Gasteiger partial charge in [-0.25, -0.2) is 4.99 Å². The fourth-order valence-corrected chi connectivity index (χ4v) is 4.28. The van der Waals surface area contributed by atoms with Crippen LogP contribution in [0.15, 0.2) is 64.5 Å². The number of piperidine rings is 1. The Hall–Kier alpha value is -2.40. The molecule has 1 fully saturated rings. The molecule has 4 rings (SSSR count). The van der Waals surface area contributed by atoms with E-state index in [9.17, 15) is 0 Å². The molecule has 1 aromatic carbocycles. The lowest BCUT2D eigenvalue weighted by Crippen LogP contribution is -2.45. The Morgan fingerprint density at radius 3 is 2.65 bits per heavy atom. The number of halogens is 1. The summed E-state index contributed by atoms with van der Waals surface area (Å²) in [7, 11) is 0. The summed E-state index contributed by atoms with van der Waals surface area (Å²) in [6.45, 7) is 7.18. The van der Waals surface area contributed by atoms with Crippen LogP contribution in [0.2, 0.25) is 0 Å². The second-order valence-corrected chi connectivity index (χ2v) is 8.38. The first-order chi connectivity index (χ1) is 16.3. The summed E-state index contributed by atoms with van der Waals surface area (Å²) in [5.74, 6) is 2.80. The lowest BCUT2D eigenvalue weighted by atomic mass is 10.1. The minimum absolute atomic E-state index is 0. The van der Waals surface area contributed by atoms with Crippen LogP contribution in [-0.4, -0.2) is 51.8 Å². The third kappa shape index (κ3) is 7.56. The molecule has 1 aliphatic heterocycles. The van der Waals surface area contributed by atoms with Gasteiger partial charge < -0.3 is 19.6 Å². The maximum absolute atomic E-state index is 5.81. The van der Waals surface area contributed by atoms with Crippen molar-refractivity contribution in [3.8, 4) is 0 Å². The van der Waals surface area contributed by atoms with E-state index in [1.807, 2.05) is 24.3 Å². The molecule has 1 unspecified atom stereocenters. The molecule has 8 nitrogen and oxygen atoms in total. The van der Waals surface area contributed by atoms with Crippen molar-refractivity contribution in [2.75, 3.05) is 26.2 Å². The van der Waals surface area contributed by atoms with Crippen LogP contribution in [0.4, 0.5) is 0 Å². The molecule has 1 aliphatic rings. The molecule has 0 amide bonds. The maximum Gasteiger partial charge on any atom is 0.191 e. The zero-order valence-electron chi connectivity index (χ0n) is 19.9. The number of likely N-dealkylation sites (tertiary alicyclic amines) is 1. The van der Waals surface area contributed by atoms with E-state index in [1.165, 1.54) is 24.8 Å². The topological polar surface area (TPSA) is 83.5 Å². The minimum atomic E-state index is 0.